The van der Waals surface area contributed by atoms with Crippen molar-refractivity contribution in [3.8, 4) is 0 Å². The van der Waals surface area contributed by atoms with Crippen LogP contribution in [0, 0.1) is 19.3 Å². The van der Waals surface area contributed by atoms with Gasteiger partial charge < -0.3 is 10.6 Å². The van der Waals surface area contributed by atoms with Crippen molar-refractivity contribution < 1.29 is 13.2 Å². The number of aryl methyl sites for hydroxylation is 2. The van der Waals surface area contributed by atoms with Gasteiger partial charge in [-0.1, -0.05) is 6.92 Å². The van der Waals surface area contributed by atoms with Crippen molar-refractivity contribution in [3.63, 3.8) is 0 Å². The Morgan fingerprint density at radius 1 is 1.40 bits per heavy atom. The highest BCUT2D eigenvalue weighted by atomic mass is 19.4. The summed E-state index contributed by atoms with van der Waals surface area (Å²) < 4.78 is 38.1. The van der Waals surface area contributed by atoms with Crippen LogP contribution in [0.25, 0.3) is 0 Å². The summed E-state index contributed by atoms with van der Waals surface area (Å²) in [6, 6.07) is 1.55. The van der Waals surface area contributed by atoms with E-state index < -0.39 is 12.7 Å². The van der Waals surface area contributed by atoms with E-state index in [-0.39, 0.29) is 17.9 Å². The van der Waals surface area contributed by atoms with Crippen molar-refractivity contribution in [2.45, 2.75) is 33.4 Å². The van der Waals surface area contributed by atoms with Gasteiger partial charge in [0.1, 0.15) is 12.4 Å². The fraction of sp³-hybridized carbons (Fsp3) is 0.538. The third kappa shape index (κ3) is 4.11. The van der Waals surface area contributed by atoms with E-state index in [4.69, 9.17) is 11.1 Å². The first-order chi connectivity index (χ1) is 9.15. The quantitative estimate of drug-likeness (QED) is 0.646. The third-order valence-electron chi connectivity index (χ3n) is 2.78. The average molecular weight is 288 g/mol. The molecule has 20 heavy (non-hydrogen) atoms. The molecule has 1 heterocycles. The first kappa shape index (κ1) is 16.3. The number of pyridine rings is 1. The van der Waals surface area contributed by atoms with Crippen molar-refractivity contribution in [3.05, 3.63) is 23.0 Å². The molecular formula is C13H19F3N4. The summed E-state index contributed by atoms with van der Waals surface area (Å²) in [4.78, 5) is 5.37. The smallest absolute Gasteiger partial charge is 0.384 e. The maximum Gasteiger partial charge on any atom is 0.405 e. The third-order valence-corrected chi connectivity index (χ3v) is 2.78. The number of hydrogen-bond donors (Lipinski definition) is 2. The lowest BCUT2D eigenvalue weighted by Crippen LogP contribution is -2.36. The Morgan fingerprint density at radius 2 is 2.00 bits per heavy atom. The summed E-state index contributed by atoms with van der Waals surface area (Å²) in [5.74, 6) is -0.270. The van der Waals surface area contributed by atoms with Crippen LogP contribution in [0.2, 0.25) is 0 Å². The van der Waals surface area contributed by atoms with Crippen LogP contribution < -0.4 is 10.6 Å². The Bertz CT molecular complexity index is 497. The Balaban J connectivity index is 3.34. The Morgan fingerprint density at radius 3 is 2.45 bits per heavy atom. The maximum absolute atomic E-state index is 12.7. The van der Waals surface area contributed by atoms with Gasteiger partial charge in [-0.3, -0.25) is 10.4 Å². The van der Waals surface area contributed by atoms with Gasteiger partial charge in [-0.2, -0.15) is 13.2 Å². The lowest BCUT2D eigenvalue weighted by Gasteiger charge is -2.28. The molecule has 3 N–H and O–H groups in total. The van der Waals surface area contributed by atoms with Gasteiger partial charge in [0.25, 0.3) is 0 Å². The molecule has 1 rings (SSSR count). The molecule has 0 unspecified atom stereocenters. The van der Waals surface area contributed by atoms with Gasteiger partial charge in [0.15, 0.2) is 0 Å². The number of nitrogens with one attached hydrogen (secondary N) is 1. The van der Waals surface area contributed by atoms with Gasteiger partial charge in [0.2, 0.25) is 0 Å². The molecule has 0 aliphatic carbocycles. The predicted octanol–water partition coefficient (Wildman–Crippen LogP) is 2.76. The lowest BCUT2D eigenvalue weighted by molar-refractivity contribution is -0.119. The monoisotopic (exact) mass is 288 g/mol. The van der Waals surface area contributed by atoms with Crippen LogP contribution in [0.15, 0.2) is 6.07 Å². The van der Waals surface area contributed by atoms with Gasteiger partial charge in [-0.05, 0) is 26.3 Å². The molecule has 0 aliphatic heterocycles. The van der Waals surface area contributed by atoms with E-state index in [1.165, 1.54) is 4.90 Å². The summed E-state index contributed by atoms with van der Waals surface area (Å²) in [6.45, 7) is 4.33. The first-order valence-corrected chi connectivity index (χ1v) is 6.30. The van der Waals surface area contributed by atoms with Gasteiger partial charge >= 0.3 is 6.18 Å². The summed E-state index contributed by atoms with van der Waals surface area (Å²) in [6.07, 6.45) is -3.75. The molecule has 112 valence electrons. The molecule has 0 radical (unpaired) electrons. The van der Waals surface area contributed by atoms with Crippen LogP contribution >= 0.6 is 0 Å². The molecule has 0 fully saturated rings. The minimum atomic E-state index is -4.31. The highest BCUT2D eigenvalue weighted by Crippen LogP contribution is 2.27. The predicted molar refractivity (Wildman–Crippen MR) is 73.3 cm³/mol. The molecule has 7 heteroatoms. The minimum absolute atomic E-state index is 0.239. The van der Waals surface area contributed by atoms with E-state index in [1.54, 1.807) is 26.8 Å². The van der Waals surface area contributed by atoms with Crippen LogP contribution in [0.4, 0.5) is 18.9 Å². The standard InChI is InChI=1S/C13H19F3N4/c1-4-5-20(7-13(14,15)16)10-6-8(2)19-9(3)11(10)12(17)18/h6H,4-5,7H2,1-3H3,(H3,17,18). The molecule has 0 atom stereocenters. The fourth-order valence-electron chi connectivity index (χ4n) is 2.16. The van der Waals surface area contributed by atoms with Crippen LogP contribution in [0.5, 0.6) is 0 Å². The van der Waals surface area contributed by atoms with E-state index >= 15 is 0 Å². The number of nitrogens with zero attached hydrogens (tertiary/aromatic N) is 2. The summed E-state index contributed by atoms with van der Waals surface area (Å²) in [5.41, 5.74) is 7.16. The van der Waals surface area contributed by atoms with E-state index in [1.807, 2.05) is 0 Å². The largest absolute Gasteiger partial charge is 0.405 e. The average Bonchev–Trinajstić information content (AvgIpc) is 2.24. The lowest BCUT2D eigenvalue weighted by atomic mass is 10.1. The summed E-state index contributed by atoms with van der Waals surface area (Å²) in [7, 11) is 0. The second kappa shape index (κ2) is 6.11. The van der Waals surface area contributed by atoms with E-state index in [0.717, 1.165) is 0 Å². The number of aromatic nitrogens is 1. The van der Waals surface area contributed by atoms with E-state index in [2.05, 4.69) is 4.98 Å². The number of anilines is 1. The van der Waals surface area contributed by atoms with Gasteiger partial charge in [0.05, 0.1) is 16.9 Å². The number of amidine groups is 1. The Labute approximate surface area is 116 Å². The van der Waals surface area contributed by atoms with E-state index in [0.29, 0.717) is 23.5 Å². The van der Waals surface area contributed by atoms with Crippen LogP contribution in [-0.4, -0.2) is 30.1 Å². The molecule has 0 saturated heterocycles. The molecule has 4 nitrogen and oxygen atoms in total. The second-order valence-electron chi connectivity index (χ2n) is 4.69. The Kier molecular flexibility index (Phi) is 4.97. The molecule has 1 aromatic heterocycles. The Hall–Kier alpha value is -1.79. The van der Waals surface area contributed by atoms with Gasteiger partial charge in [-0.25, -0.2) is 0 Å². The molecular weight excluding hydrogens is 269 g/mol. The van der Waals surface area contributed by atoms with Gasteiger partial charge in [0, 0.05) is 12.2 Å². The maximum atomic E-state index is 12.7. The van der Waals surface area contributed by atoms with Crippen molar-refractivity contribution >= 4 is 11.5 Å². The summed E-state index contributed by atoms with van der Waals surface area (Å²) in [5, 5.41) is 7.57. The zero-order valence-corrected chi connectivity index (χ0v) is 11.8. The summed E-state index contributed by atoms with van der Waals surface area (Å²) >= 11 is 0. The van der Waals surface area contributed by atoms with E-state index in [9.17, 15) is 13.2 Å². The molecule has 0 spiro atoms. The molecule has 0 amide bonds. The number of rotatable bonds is 5. The number of alkyl halides is 3. The van der Waals surface area contributed by atoms with Crippen LogP contribution in [0.1, 0.15) is 30.3 Å². The zero-order chi connectivity index (χ0) is 15.5. The van der Waals surface area contributed by atoms with Crippen LogP contribution in [0.3, 0.4) is 0 Å². The molecule has 0 aromatic carbocycles. The molecule has 0 aliphatic rings. The minimum Gasteiger partial charge on any atom is -0.384 e. The molecule has 0 saturated carbocycles. The molecule has 1 aromatic rings. The van der Waals surface area contributed by atoms with Crippen LogP contribution in [-0.2, 0) is 0 Å². The number of nitrogen functional groups attached to an aromatic ring is 1. The van der Waals surface area contributed by atoms with Crippen molar-refractivity contribution in [1.29, 1.82) is 5.41 Å². The van der Waals surface area contributed by atoms with Gasteiger partial charge in [-0.15, -0.1) is 0 Å². The fourth-order valence-corrected chi connectivity index (χ4v) is 2.16. The number of hydrogen-bond acceptors (Lipinski definition) is 3. The normalized spacial score (nSPS) is 11.5. The second-order valence-corrected chi connectivity index (χ2v) is 4.69. The number of nitrogens with two attached hydrogens (primary N) is 1. The van der Waals surface area contributed by atoms with Crippen molar-refractivity contribution in [2.75, 3.05) is 18.0 Å². The topological polar surface area (TPSA) is 66.0 Å². The first-order valence-electron chi connectivity index (χ1n) is 6.30. The highest BCUT2D eigenvalue weighted by Gasteiger charge is 2.32. The SMILES string of the molecule is CCCN(CC(F)(F)F)c1cc(C)nc(C)c1C(=N)N. The zero-order valence-electron chi connectivity index (χ0n) is 11.8. The number of halogens is 3. The molecule has 0 bridgehead atoms. The highest BCUT2D eigenvalue weighted by molar-refractivity contribution is 6.01. The van der Waals surface area contributed by atoms with Crippen molar-refractivity contribution in [2.24, 2.45) is 5.73 Å². The van der Waals surface area contributed by atoms with Crippen molar-refractivity contribution in [1.82, 2.24) is 4.98 Å².